The highest BCUT2D eigenvalue weighted by Crippen LogP contribution is 2.37. The fourth-order valence-electron chi connectivity index (χ4n) is 5.74. The summed E-state index contributed by atoms with van der Waals surface area (Å²) in [4.78, 5) is 16.0. The molecule has 0 amide bonds. The van der Waals surface area contributed by atoms with Crippen LogP contribution in [0.4, 0.5) is 11.9 Å². The first-order valence-electron chi connectivity index (χ1n) is 27.4. The second-order valence-corrected chi connectivity index (χ2v) is 21.7. The van der Waals surface area contributed by atoms with E-state index in [1.165, 1.54) is 41.6 Å². The van der Waals surface area contributed by atoms with E-state index in [4.69, 9.17) is 53.4 Å². The van der Waals surface area contributed by atoms with E-state index in [1.807, 2.05) is 164 Å². The minimum absolute atomic E-state index is 0.218. The van der Waals surface area contributed by atoms with E-state index < -0.39 is 0 Å². The maximum atomic E-state index is 5.89. The van der Waals surface area contributed by atoms with Gasteiger partial charge >= 0.3 is 14.2 Å². The van der Waals surface area contributed by atoms with E-state index in [1.54, 1.807) is 71.5 Å². The summed E-state index contributed by atoms with van der Waals surface area (Å²) in [7, 11) is 10.1. The van der Waals surface area contributed by atoms with Crippen LogP contribution in [0.5, 0.6) is 0 Å². The number of rotatable bonds is 7. The molecular formula is C51H88B2Cl3N21O4S4. The van der Waals surface area contributed by atoms with Crippen LogP contribution in [-0.4, -0.2) is 145 Å². The van der Waals surface area contributed by atoms with Crippen molar-refractivity contribution >= 4 is 118 Å². The second-order valence-electron chi connectivity index (χ2n) is 17.5. The van der Waals surface area contributed by atoms with Gasteiger partial charge in [0.25, 0.3) is 0 Å². The molecule has 0 radical (unpaired) electrons. The van der Waals surface area contributed by atoms with Crippen molar-refractivity contribution in [1.82, 2.24) is 87.2 Å². The Labute approximate surface area is 534 Å². The first-order valence-corrected chi connectivity index (χ1v) is 31.6. The van der Waals surface area contributed by atoms with E-state index >= 15 is 0 Å². The lowest BCUT2D eigenvalue weighted by Crippen LogP contribution is -2.41. The van der Waals surface area contributed by atoms with Crippen molar-refractivity contribution in [1.29, 1.82) is 0 Å². The number of aromatic nitrogens is 18. The lowest BCUT2D eigenvalue weighted by molar-refractivity contribution is 0.00578. The molecule has 0 aromatic carbocycles. The van der Waals surface area contributed by atoms with Gasteiger partial charge in [0.1, 0.15) is 15.0 Å². The zero-order valence-electron chi connectivity index (χ0n) is 53.6. The Bertz CT molecular complexity index is 2980. The van der Waals surface area contributed by atoms with Crippen LogP contribution in [0.15, 0.2) is 62.0 Å². The van der Waals surface area contributed by atoms with Crippen LogP contribution >= 0.6 is 80.9 Å². The van der Waals surface area contributed by atoms with E-state index in [-0.39, 0.29) is 41.9 Å². The van der Waals surface area contributed by atoms with Crippen LogP contribution in [0.3, 0.4) is 0 Å². The molecule has 2 aliphatic heterocycles. The summed E-state index contributed by atoms with van der Waals surface area (Å²) in [5.74, 6) is 1.31. The third kappa shape index (κ3) is 25.9. The van der Waals surface area contributed by atoms with Crippen LogP contribution in [-0.2, 0) is 39.8 Å². The molecular weight excluding hydrogens is 1230 g/mol. The van der Waals surface area contributed by atoms with Gasteiger partial charge in [-0.2, -0.15) is 57.9 Å². The summed E-state index contributed by atoms with van der Waals surface area (Å²) in [5.41, 5.74) is 8.18. The normalized spacial score (nSPS) is 13.8. The smallest absolute Gasteiger partial charge is 0.399 e. The van der Waals surface area contributed by atoms with Gasteiger partial charge in [-0.25, -0.2) is 4.98 Å². The molecule has 472 valence electrons. The number of anilines is 2. The van der Waals surface area contributed by atoms with Crippen LogP contribution in [0.1, 0.15) is 125 Å². The molecule has 2 fully saturated rings. The highest BCUT2D eigenvalue weighted by Gasteiger charge is 2.53. The molecule has 11 rings (SSSR count). The maximum absolute atomic E-state index is 5.89. The minimum Gasteiger partial charge on any atom is -0.399 e. The van der Waals surface area contributed by atoms with E-state index in [2.05, 4.69) is 89.5 Å². The largest absolute Gasteiger partial charge is 0.498 e. The predicted octanol–water partition coefficient (Wildman–Crippen LogP) is 11.5. The van der Waals surface area contributed by atoms with Gasteiger partial charge in [-0.05, 0) is 143 Å². The monoisotopic (exact) mass is 1310 g/mol. The third-order valence-electron chi connectivity index (χ3n) is 11.0. The average molecular weight is 1320 g/mol. The molecule has 85 heavy (non-hydrogen) atoms. The van der Waals surface area contributed by atoms with Crippen LogP contribution in [0.2, 0.25) is 15.0 Å². The van der Waals surface area contributed by atoms with Gasteiger partial charge in [-0.3, -0.25) is 24.2 Å². The van der Waals surface area contributed by atoms with Crippen molar-refractivity contribution in [2.75, 3.05) is 31.8 Å². The summed E-state index contributed by atoms with van der Waals surface area (Å²) >= 11 is 21.2. The quantitative estimate of drug-likeness (QED) is 0.0926. The van der Waals surface area contributed by atoms with Crippen molar-refractivity contribution in [3.05, 3.63) is 77.0 Å². The fraction of sp³-hybridized carbons (Fsp3) is 0.549. The first-order chi connectivity index (χ1) is 40.5. The van der Waals surface area contributed by atoms with E-state index in [0.29, 0.717) is 21.6 Å². The molecule has 0 saturated carbocycles. The number of hydrogen-bond acceptors (Lipinski definition) is 24. The summed E-state index contributed by atoms with van der Waals surface area (Å²) in [6.07, 6.45) is 18.0. The summed E-state index contributed by atoms with van der Waals surface area (Å²) in [6, 6.07) is 0. The lowest BCUT2D eigenvalue weighted by Gasteiger charge is -2.32. The Balaban J connectivity index is 0.000000968. The highest BCUT2D eigenvalue weighted by atomic mass is 35.5. The lowest BCUT2D eigenvalue weighted by atomic mass is 9.82. The second kappa shape index (κ2) is 41.0. The zero-order chi connectivity index (χ0) is 65.1. The number of hydrogen-bond donors (Lipinski definition) is 5. The van der Waals surface area contributed by atoms with Crippen molar-refractivity contribution in [2.45, 2.75) is 147 Å². The molecule has 2 aliphatic rings. The third-order valence-corrected chi connectivity index (χ3v) is 14.6. The minimum atomic E-state index is -0.307. The summed E-state index contributed by atoms with van der Waals surface area (Å²) in [6.45, 7) is 36.3. The topological polar surface area (TPSA) is 301 Å². The Kier molecular flexibility index (Phi) is 38.4. The van der Waals surface area contributed by atoms with Crippen molar-refractivity contribution in [3.63, 3.8) is 0 Å². The predicted molar refractivity (Wildman–Crippen MR) is 356 cm³/mol. The molecule has 25 nitrogen and oxygen atoms in total. The number of nitrogens with two attached hydrogens (primary N) is 1. The van der Waals surface area contributed by atoms with Gasteiger partial charge in [0, 0.05) is 95.1 Å². The van der Waals surface area contributed by atoms with Gasteiger partial charge in [-0.1, -0.05) is 69.2 Å². The molecule has 11 heterocycles. The van der Waals surface area contributed by atoms with Gasteiger partial charge in [-0.15, -0.1) is 0 Å². The molecule has 2 saturated heterocycles. The molecule has 0 bridgehead atoms. The molecule has 0 unspecified atom stereocenters. The van der Waals surface area contributed by atoms with E-state index in [9.17, 15) is 0 Å². The highest BCUT2D eigenvalue weighted by molar-refractivity contribution is 7.10. The van der Waals surface area contributed by atoms with Crippen LogP contribution < -0.4 is 27.3 Å². The molecule has 34 heteroatoms. The number of nitrogens with one attached hydrogen (secondary N) is 4. The van der Waals surface area contributed by atoms with Gasteiger partial charge in [0.15, 0.2) is 0 Å². The van der Waals surface area contributed by atoms with Crippen LogP contribution in [0.25, 0.3) is 31.7 Å². The molecule has 0 atom stereocenters. The zero-order valence-corrected chi connectivity index (χ0v) is 59.1. The van der Waals surface area contributed by atoms with E-state index in [0.717, 1.165) is 54.2 Å². The van der Waals surface area contributed by atoms with Gasteiger partial charge in [0.05, 0.1) is 52.1 Å². The first kappa shape index (κ1) is 79.7. The maximum Gasteiger partial charge on any atom is 0.498 e. The van der Waals surface area contributed by atoms with Crippen molar-refractivity contribution in [3.8, 4) is 31.7 Å². The standard InChI is InChI=1S/C10H17BN2O2.C9H15BN2O2.C7H9N5S.C6H5ClN4S.C6H7N5S.C2Cl2N2S.5C2H6.CH5N/c1-9(2)10(3,4)15-11(14-9)8-6-12-13(5)7-8;1-8(2)9(3,4)14-10(13-8)7-5-11-12-6-7;1-8-7-10-6(13-11-7)5-3-9-12(2)4-5;1-11-3-4(2-8-11)5-9-6(7)10-12-5;1-7-6-10-5(12-11-6)4-2-8-9-3-4;3-1-5-2(4)7-6-1;6*1-2/h6-7H,1-5H3;5-6H,1-4H3,(H,11,12);3-4H,1-2H3,(H,8,11);2-3H,1H3;2-3H,1H3,(H,7,11)(H,8,9);;5*1-2H3;2H2,1H3. The SMILES string of the molecule is CC.CC.CC.CC.CC.CC1(C)OB(c2cn[nH]c2)OC1(C)C.CN.CNc1nsc(-c2cn[nH]c2)n1.CNc1nsc(-c2cnn(C)c2)n1.Clc1nsc(Cl)n1.Cn1cc(-c2nc(Cl)ns2)cn1.Cn1cc(B2OC(C)(C)C(C)(C)O2)cn1. The number of halogens is 3. The fourth-order valence-corrected chi connectivity index (χ4v) is 8.59. The molecule has 9 aromatic heterocycles. The Morgan fingerprint density at radius 3 is 1.12 bits per heavy atom. The molecule has 6 N–H and O–H groups in total. The van der Waals surface area contributed by atoms with Gasteiger partial charge < -0.3 is 35.0 Å². The number of nitrogens with zero attached hydrogens (tertiary/aromatic N) is 16. The molecule has 0 aliphatic carbocycles. The number of aromatic amines is 2. The summed E-state index contributed by atoms with van der Waals surface area (Å²) in [5, 5.41) is 34.2. The van der Waals surface area contributed by atoms with Gasteiger partial charge in [0.2, 0.25) is 26.9 Å². The molecule has 9 aromatic rings. The Morgan fingerprint density at radius 1 is 0.459 bits per heavy atom. The molecule has 0 spiro atoms. The van der Waals surface area contributed by atoms with Crippen molar-refractivity contribution in [2.24, 2.45) is 26.9 Å². The van der Waals surface area contributed by atoms with Crippen LogP contribution in [0, 0.1) is 0 Å². The number of aryl methyl sites for hydroxylation is 3. The van der Waals surface area contributed by atoms with Crippen molar-refractivity contribution < 1.29 is 18.6 Å². The number of H-pyrrole nitrogens is 2. The Hall–Kier alpha value is -5.31. The average Bonchev–Trinajstić information content (AvgIpc) is 4.52. The summed E-state index contributed by atoms with van der Waals surface area (Å²) < 4.78 is 44.6. The Morgan fingerprint density at radius 2 is 0.824 bits per heavy atom.